The highest BCUT2D eigenvalue weighted by Crippen LogP contribution is 2.38. The molecule has 1 aliphatic rings. The van der Waals surface area contributed by atoms with Gasteiger partial charge in [0.1, 0.15) is 5.92 Å². The van der Waals surface area contributed by atoms with Crippen molar-refractivity contribution in [3.63, 3.8) is 0 Å². The van der Waals surface area contributed by atoms with Crippen molar-refractivity contribution in [1.29, 1.82) is 0 Å². The number of amides is 2. The first kappa shape index (κ1) is 18.3. The summed E-state index contributed by atoms with van der Waals surface area (Å²) in [5.41, 5.74) is 0.922. The van der Waals surface area contributed by atoms with E-state index in [1.165, 1.54) is 18.2 Å². The van der Waals surface area contributed by atoms with Gasteiger partial charge in [-0.05, 0) is 11.6 Å². The number of aromatic nitrogens is 1. The Hall–Kier alpha value is -4.08. The van der Waals surface area contributed by atoms with Gasteiger partial charge in [0.2, 0.25) is 11.8 Å². The standard InChI is InChI=1S/C19H15N5O5/c25-17-15(13(9-20-17)10-4-2-1-3-5-10)18(26)23-22-16-12-8-11(24(28)29)6-7-14(12)21-19(16)27/h1-8,13,15,21,27H,9H2,(H,20,25)/t13-,15+/m0/s1. The summed E-state index contributed by atoms with van der Waals surface area (Å²) in [6, 6.07) is 13.0. The Bertz CT molecular complexity index is 1150. The SMILES string of the molecule is O=C(N=Nc1c(O)[nH]c2ccc([N+](=O)[O-])cc12)[C@H]1C(=O)NC[C@H]1c1ccccc1. The number of non-ortho nitro benzene ring substituents is 1. The molecule has 1 aromatic heterocycles. The van der Waals surface area contributed by atoms with Crippen molar-refractivity contribution in [2.45, 2.75) is 5.92 Å². The van der Waals surface area contributed by atoms with Crippen LogP contribution in [0.25, 0.3) is 10.9 Å². The van der Waals surface area contributed by atoms with E-state index >= 15 is 0 Å². The van der Waals surface area contributed by atoms with Gasteiger partial charge >= 0.3 is 0 Å². The van der Waals surface area contributed by atoms with Crippen LogP contribution in [-0.4, -0.2) is 33.4 Å². The van der Waals surface area contributed by atoms with E-state index in [9.17, 15) is 24.8 Å². The highest BCUT2D eigenvalue weighted by molar-refractivity contribution is 6.03. The second-order valence-corrected chi connectivity index (χ2v) is 6.59. The molecule has 1 fully saturated rings. The predicted molar refractivity (Wildman–Crippen MR) is 102 cm³/mol. The Labute approximate surface area is 163 Å². The lowest BCUT2D eigenvalue weighted by molar-refractivity contribution is -0.384. The van der Waals surface area contributed by atoms with Crippen LogP contribution in [0.5, 0.6) is 5.88 Å². The van der Waals surface area contributed by atoms with Crippen LogP contribution in [0.4, 0.5) is 11.4 Å². The molecule has 3 aromatic rings. The number of rotatable bonds is 4. The van der Waals surface area contributed by atoms with Crippen molar-refractivity contribution in [2.75, 3.05) is 6.54 Å². The number of aromatic hydroxyl groups is 1. The number of nitrogens with zero attached hydrogens (tertiary/aromatic N) is 3. The molecular formula is C19H15N5O5. The maximum Gasteiger partial charge on any atom is 0.277 e. The first-order chi connectivity index (χ1) is 14.0. The van der Waals surface area contributed by atoms with E-state index in [0.29, 0.717) is 12.1 Å². The summed E-state index contributed by atoms with van der Waals surface area (Å²) in [6.45, 7) is 0.305. The molecule has 10 nitrogen and oxygen atoms in total. The van der Waals surface area contributed by atoms with Crippen LogP contribution in [-0.2, 0) is 9.59 Å². The third-order valence-electron chi connectivity index (χ3n) is 4.87. The first-order valence-corrected chi connectivity index (χ1v) is 8.73. The van der Waals surface area contributed by atoms with Crippen molar-refractivity contribution in [1.82, 2.24) is 10.3 Å². The Morgan fingerprint density at radius 2 is 1.97 bits per heavy atom. The van der Waals surface area contributed by atoms with Gasteiger partial charge in [0, 0.05) is 30.0 Å². The number of aromatic amines is 1. The van der Waals surface area contributed by atoms with E-state index in [1.807, 2.05) is 30.3 Å². The summed E-state index contributed by atoms with van der Waals surface area (Å²) < 4.78 is 0. The number of nitrogens with one attached hydrogen (secondary N) is 2. The number of azo groups is 1. The molecular weight excluding hydrogens is 378 g/mol. The van der Waals surface area contributed by atoms with E-state index in [0.717, 1.165) is 5.56 Å². The largest absolute Gasteiger partial charge is 0.493 e. The minimum atomic E-state index is -1.04. The van der Waals surface area contributed by atoms with Gasteiger partial charge in [-0.3, -0.25) is 19.7 Å². The fourth-order valence-electron chi connectivity index (χ4n) is 3.44. The van der Waals surface area contributed by atoms with Crippen molar-refractivity contribution in [3.05, 3.63) is 64.2 Å². The third-order valence-corrected chi connectivity index (χ3v) is 4.87. The molecule has 0 saturated carbocycles. The summed E-state index contributed by atoms with van der Waals surface area (Å²) in [4.78, 5) is 37.9. The molecule has 0 spiro atoms. The van der Waals surface area contributed by atoms with Gasteiger partial charge in [-0.1, -0.05) is 30.3 Å². The average molecular weight is 393 g/mol. The zero-order chi connectivity index (χ0) is 20.5. The van der Waals surface area contributed by atoms with Gasteiger partial charge in [-0.15, -0.1) is 10.2 Å². The molecule has 3 N–H and O–H groups in total. The van der Waals surface area contributed by atoms with Crippen molar-refractivity contribution in [3.8, 4) is 5.88 Å². The predicted octanol–water partition coefficient (Wildman–Crippen LogP) is 2.92. The van der Waals surface area contributed by atoms with Crippen molar-refractivity contribution < 1.29 is 19.6 Å². The first-order valence-electron chi connectivity index (χ1n) is 8.73. The van der Waals surface area contributed by atoms with Crippen LogP contribution in [0, 0.1) is 16.0 Å². The van der Waals surface area contributed by atoms with Crippen LogP contribution < -0.4 is 5.32 Å². The van der Waals surface area contributed by atoms with Gasteiger partial charge in [-0.25, -0.2) is 0 Å². The number of hydrogen-bond acceptors (Lipinski definition) is 6. The molecule has 2 aromatic carbocycles. The molecule has 1 aliphatic heterocycles. The van der Waals surface area contributed by atoms with Crippen molar-refractivity contribution in [2.24, 2.45) is 16.1 Å². The van der Waals surface area contributed by atoms with Crippen LogP contribution in [0.2, 0.25) is 0 Å². The van der Waals surface area contributed by atoms with E-state index < -0.39 is 22.7 Å². The molecule has 29 heavy (non-hydrogen) atoms. The molecule has 0 unspecified atom stereocenters. The maximum absolute atomic E-state index is 12.6. The van der Waals surface area contributed by atoms with Gasteiger partial charge in [0.25, 0.3) is 11.6 Å². The zero-order valence-corrected chi connectivity index (χ0v) is 14.9. The number of H-pyrrole nitrogens is 1. The zero-order valence-electron chi connectivity index (χ0n) is 14.9. The van der Waals surface area contributed by atoms with Crippen molar-refractivity contribution >= 4 is 34.1 Å². The van der Waals surface area contributed by atoms with Gasteiger partial charge in [0.05, 0.1) is 10.4 Å². The Morgan fingerprint density at radius 3 is 2.69 bits per heavy atom. The van der Waals surface area contributed by atoms with Crippen LogP contribution in [0.3, 0.4) is 0 Å². The number of carbonyl (C=O) groups excluding carboxylic acids is 2. The number of carbonyl (C=O) groups is 2. The Morgan fingerprint density at radius 1 is 1.21 bits per heavy atom. The van der Waals surface area contributed by atoms with Gasteiger partial charge in [-0.2, -0.15) is 0 Å². The molecule has 2 heterocycles. The van der Waals surface area contributed by atoms with Gasteiger partial charge in [0.15, 0.2) is 5.69 Å². The quantitative estimate of drug-likeness (QED) is 0.269. The maximum atomic E-state index is 12.6. The summed E-state index contributed by atoms with van der Waals surface area (Å²) in [6.07, 6.45) is 0. The number of fused-ring (bicyclic) bond motifs is 1. The van der Waals surface area contributed by atoms with Crippen LogP contribution >= 0.6 is 0 Å². The molecule has 2 atom stereocenters. The van der Waals surface area contributed by atoms with E-state index in [4.69, 9.17) is 0 Å². The minimum absolute atomic E-state index is 0.105. The van der Waals surface area contributed by atoms with Crippen LogP contribution in [0.1, 0.15) is 11.5 Å². The van der Waals surface area contributed by atoms with E-state index in [-0.39, 0.29) is 28.6 Å². The number of nitro benzene ring substituents is 1. The van der Waals surface area contributed by atoms with E-state index in [2.05, 4.69) is 20.5 Å². The molecule has 0 bridgehead atoms. The fourth-order valence-corrected chi connectivity index (χ4v) is 3.44. The highest BCUT2D eigenvalue weighted by atomic mass is 16.6. The number of hydrogen-bond donors (Lipinski definition) is 3. The topological polar surface area (TPSA) is 150 Å². The summed E-state index contributed by atoms with van der Waals surface area (Å²) in [5, 5.41) is 31.4. The molecule has 146 valence electrons. The highest BCUT2D eigenvalue weighted by Gasteiger charge is 2.41. The van der Waals surface area contributed by atoms with Gasteiger partial charge < -0.3 is 15.4 Å². The second-order valence-electron chi connectivity index (χ2n) is 6.59. The fraction of sp³-hybridized carbons (Fsp3) is 0.158. The molecule has 10 heteroatoms. The third kappa shape index (κ3) is 3.31. The average Bonchev–Trinajstić information content (AvgIpc) is 3.25. The molecule has 4 rings (SSSR count). The number of benzene rings is 2. The Kier molecular flexibility index (Phi) is 4.51. The molecule has 0 aliphatic carbocycles. The number of nitro groups is 1. The smallest absolute Gasteiger partial charge is 0.277 e. The summed E-state index contributed by atoms with van der Waals surface area (Å²) in [7, 11) is 0. The summed E-state index contributed by atoms with van der Waals surface area (Å²) >= 11 is 0. The van der Waals surface area contributed by atoms with E-state index in [1.54, 1.807) is 0 Å². The normalized spacial score (nSPS) is 19.0. The lowest BCUT2D eigenvalue weighted by Gasteiger charge is -2.13. The monoisotopic (exact) mass is 393 g/mol. The Balaban J connectivity index is 1.65. The lowest BCUT2D eigenvalue weighted by Crippen LogP contribution is -2.25. The lowest BCUT2D eigenvalue weighted by atomic mass is 9.88. The minimum Gasteiger partial charge on any atom is -0.493 e. The van der Waals surface area contributed by atoms with Crippen LogP contribution in [0.15, 0.2) is 58.8 Å². The molecule has 1 saturated heterocycles. The molecule has 2 amide bonds. The second kappa shape index (κ2) is 7.15. The summed E-state index contributed by atoms with van der Waals surface area (Å²) in [5.74, 6) is -3.00. The molecule has 0 radical (unpaired) electrons.